The standard InChI is InChI=1S/C21H25BrN2O2/c1-15(2)24-11-10-16(14-24)13-23-21(25)19-8-3-4-9-20(19)26-18-7-5-6-17(22)12-18/h3-9,12,15-16H,10-11,13-14H2,1-2H3,(H,23,25). The van der Waals surface area contributed by atoms with Gasteiger partial charge in [-0.1, -0.05) is 34.1 Å². The summed E-state index contributed by atoms with van der Waals surface area (Å²) in [4.78, 5) is 15.1. The van der Waals surface area contributed by atoms with E-state index in [1.165, 1.54) is 0 Å². The smallest absolute Gasteiger partial charge is 0.255 e. The molecule has 0 radical (unpaired) electrons. The predicted octanol–water partition coefficient (Wildman–Crippen LogP) is 4.70. The Labute approximate surface area is 163 Å². The zero-order chi connectivity index (χ0) is 18.5. The molecule has 1 aliphatic heterocycles. The van der Waals surface area contributed by atoms with Crippen LogP contribution in [0.5, 0.6) is 11.5 Å². The van der Waals surface area contributed by atoms with Crippen molar-refractivity contribution in [2.45, 2.75) is 26.3 Å². The summed E-state index contributed by atoms with van der Waals surface area (Å²) >= 11 is 3.44. The minimum atomic E-state index is -0.0846. The molecule has 0 spiro atoms. The normalized spacial score (nSPS) is 17.5. The number of rotatable bonds is 6. The lowest BCUT2D eigenvalue weighted by Gasteiger charge is -2.20. The van der Waals surface area contributed by atoms with Gasteiger partial charge in [0.2, 0.25) is 0 Å². The van der Waals surface area contributed by atoms with Crippen molar-refractivity contribution in [1.29, 1.82) is 0 Å². The van der Waals surface area contributed by atoms with Crippen LogP contribution in [0.4, 0.5) is 0 Å². The number of carbonyl (C=O) groups is 1. The summed E-state index contributed by atoms with van der Waals surface area (Å²) in [5.74, 6) is 1.69. The van der Waals surface area contributed by atoms with Gasteiger partial charge >= 0.3 is 0 Å². The number of benzene rings is 2. The first kappa shape index (κ1) is 18.9. The number of hydrogen-bond donors (Lipinski definition) is 1. The van der Waals surface area contributed by atoms with Gasteiger partial charge in [-0.3, -0.25) is 4.79 Å². The summed E-state index contributed by atoms with van der Waals surface area (Å²) in [5.41, 5.74) is 0.561. The highest BCUT2D eigenvalue weighted by Gasteiger charge is 2.24. The van der Waals surface area contributed by atoms with Gasteiger partial charge in [-0.2, -0.15) is 0 Å². The molecule has 3 rings (SSSR count). The van der Waals surface area contributed by atoms with Gasteiger partial charge in [-0.25, -0.2) is 0 Å². The zero-order valence-corrected chi connectivity index (χ0v) is 16.8. The molecule has 2 aromatic rings. The van der Waals surface area contributed by atoms with Crippen molar-refractivity contribution in [3.63, 3.8) is 0 Å². The molecule has 1 saturated heterocycles. The van der Waals surface area contributed by atoms with E-state index in [0.717, 1.165) is 24.0 Å². The Balaban J connectivity index is 1.63. The fraction of sp³-hybridized carbons (Fsp3) is 0.381. The molecule has 1 fully saturated rings. The van der Waals surface area contributed by atoms with Crippen LogP contribution < -0.4 is 10.1 Å². The van der Waals surface area contributed by atoms with Crippen LogP contribution in [0.1, 0.15) is 30.6 Å². The molecule has 1 heterocycles. The van der Waals surface area contributed by atoms with Crippen molar-refractivity contribution in [1.82, 2.24) is 10.2 Å². The maximum absolute atomic E-state index is 12.7. The Morgan fingerprint density at radius 1 is 1.27 bits per heavy atom. The van der Waals surface area contributed by atoms with Crippen LogP contribution in [0.3, 0.4) is 0 Å². The second-order valence-electron chi connectivity index (χ2n) is 7.01. The van der Waals surface area contributed by atoms with E-state index in [0.29, 0.717) is 35.6 Å². The van der Waals surface area contributed by atoms with Crippen LogP contribution in [0.15, 0.2) is 53.0 Å². The lowest BCUT2D eigenvalue weighted by molar-refractivity contribution is 0.0945. The Hall–Kier alpha value is -1.85. The van der Waals surface area contributed by atoms with Crippen LogP contribution in [0.2, 0.25) is 0 Å². The fourth-order valence-electron chi connectivity index (χ4n) is 3.23. The van der Waals surface area contributed by atoms with E-state index < -0.39 is 0 Å². The molecule has 1 aliphatic rings. The summed E-state index contributed by atoms with van der Waals surface area (Å²) in [6, 6.07) is 15.5. The number of nitrogens with zero attached hydrogens (tertiary/aromatic N) is 1. The maximum atomic E-state index is 12.7. The molecule has 26 heavy (non-hydrogen) atoms. The van der Waals surface area contributed by atoms with Crippen molar-refractivity contribution >= 4 is 21.8 Å². The first-order chi connectivity index (χ1) is 12.5. The van der Waals surface area contributed by atoms with Crippen LogP contribution in [0, 0.1) is 5.92 Å². The molecule has 4 nitrogen and oxygen atoms in total. The molecule has 0 aliphatic carbocycles. The Morgan fingerprint density at radius 3 is 2.81 bits per heavy atom. The van der Waals surface area contributed by atoms with Crippen LogP contribution in [-0.2, 0) is 0 Å². The third-order valence-corrected chi connectivity index (χ3v) is 5.25. The van der Waals surface area contributed by atoms with Gasteiger partial charge in [0.1, 0.15) is 11.5 Å². The maximum Gasteiger partial charge on any atom is 0.255 e. The number of amides is 1. The average Bonchev–Trinajstić information content (AvgIpc) is 3.09. The van der Waals surface area contributed by atoms with E-state index in [2.05, 4.69) is 40.0 Å². The molecular weight excluding hydrogens is 392 g/mol. The summed E-state index contributed by atoms with van der Waals surface area (Å²) in [7, 11) is 0. The zero-order valence-electron chi connectivity index (χ0n) is 15.2. The highest BCUT2D eigenvalue weighted by molar-refractivity contribution is 9.10. The quantitative estimate of drug-likeness (QED) is 0.741. The third kappa shape index (κ3) is 4.86. The van der Waals surface area contributed by atoms with Gasteiger partial charge in [-0.05, 0) is 63.1 Å². The molecule has 0 bridgehead atoms. The molecule has 0 saturated carbocycles. The number of ether oxygens (including phenoxy) is 1. The summed E-state index contributed by atoms with van der Waals surface area (Å²) in [6.07, 6.45) is 1.13. The molecule has 0 aromatic heterocycles. The minimum Gasteiger partial charge on any atom is -0.456 e. The lowest BCUT2D eigenvalue weighted by Crippen LogP contribution is -2.33. The van der Waals surface area contributed by atoms with Gasteiger partial charge in [0.05, 0.1) is 5.56 Å². The molecule has 138 valence electrons. The summed E-state index contributed by atoms with van der Waals surface area (Å²) < 4.78 is 6.87. The van der Waals surface area contributed by atoms with Gasteiger partial charge < -0.3 is 15.0 Å². The number of hydrogen-bond acceptors (Lipinski definition) is 3. The molecule has 5 heteroatoms. The predicted molar refractivity (Wildman–Crippen MR) is 108 cm³/mol. The topological polar surface area (TPSA) is 41.6 Å². The highest BCUT2D eigenvalue weighted by Crippen LogP contribution is 2.27. The van der Waals surface area contributed by atoms with Crippen molar-refractivity contribution in [2.75, 3.05) is 19.6 Å². The largest absolute Gasteiger partial charge is 0.456 e. The van der Waals surface area contributed by atoms with Crippen LogP contribution >= 0.6 is 15.9 Å². The third-order valence-electron chi connectivity index (χ3n) is 4.75. The first-order valence-electron chi connectivity index (χ1n) is 9.07. The van der Waals surface area contributed by atoms with Crippen molar-refractivity contribution < 1.29 is 9.53 Å². The van der Waals surface area contributed by atoms with E-state index >= 15 is 0 Å². The van der Waals surface area contributed by atoms with Crippen LogP contribution in [0.25, 0.3) is 0 Å². The van der Waals surface area contributed by atoms with Gasteiger partial charge in [0, 0.05) is 23.6 Å². The summed E-state index contributed by atoms with van der Waals surface area (Å²) in [5, 5.41) is 3.08. The minimum absolute atomic E-state index is 0.0846. The van der Waals surface area contributed by atoms with Gasteiger partial charge in [0.25, 0.3) is 5.91 Å². The van der Waals surface area contributed by atoms with E-state index in [-0.39, 0.29) is 5.91 Å². The highest BCUT2D eigenvalue weighted by atomic mass is 79.9. The molecular formula is C21H25BrN2O2. The van der Waals surface area contributed by atoms with E-state index in [4.69, 9.17) is 4.74 Å². The lowest BCUT2D eigenvalue weighted by atomic mass is 10.1. The summed E-state index contributed by atoms with van der Waals surface area (Å²) in [6.45, 7) is 7.30. The number of para-hydroxylation sites is 1. The molecule has 1 atom stereocenters. The molecule has 1 amide bonds. The number of nitrogens with one attached hydrogen (secondary N) is 1. The second-order valence-corrected chi connectivity index (χ2v) is 7.92. The number of halogens is 1. The Kier molecular flexibility index (Phi) is 6.33. The number of carbonyl (C=O) groups excluding carboxylic acids is 1. The monoisotopic (exact) mass is 416 g/mol. The van der Waals surface area contributed by atoms with E-state index in [1.807, 2.05) is 42.5 Å². The fourth-order valence-corrected chi connectivity index (χ4v) is 3.61. The van der Waals surface area contributed by atoms with Crippen molar-refractivity contribution in [3.8, 4) is 11.5 Å². The molecule has 2 aromatic carbocycles. The van der Waals surface area contributed by atoms with Crippen LogP contribution in [-0.4, -0.2) is 36.5 Å². The second kappa shape index (κ2) is 8.69. The number of likely N-dealkylation sites (tertiary alicyclic amines) is 1. The average molecular weight is 417 g/mol. The van der Waals surface area contributed by atoms with Gasteiger partial charge in [0.15, 0.2) is 0 Å². The van der Waals surface area contributed by atoms with Gasteiger partial charge in [-0.15, -0.1) is 0 Å². The Morgan fingerprint density at radius 2 is 2.08 bits per heavy atom. The van der Waals surface area contributed by atoms with Crippen molar-refractivity contribution in [2.24, 2.45) is 5.92 Å². The van der Waals surface area contributed by atoms with Crippen molar-refractivity contribution in [3.05, 3.63) is 58.6 Å². The van der Waals surface area contributed by atoms with E-state index in [1.54, 1.807) is 6.07 Å². The SMILES string of the molecule is CC(C)N1CCC(CNC(=O)c2ccccc2Oc2cccc(Br)c2)C1. The molecule has 1 unspecified atom stereocenters. The Bertz CT molecular complexity index is 763. The van der Waals surface area contributed by atoms with E-state index in [9.17, 15) is 4.79 Å². The molecule has 1 N–H and O–H groups in total. The first-order valence-corrected chi connectivity index (χ1v) is 9.87.